The standard InChI is InChI=1S/C18H19N3OS/c1-14(11-15-7-4-3-5-8-15)13-19-21-18(23)20-16-9-6-10-17(12-16)22-2/h3-13H,1-2H3,(H2,20,21,23)/b14-11+,19-13-. The Morgan fingerprint density at radius 3 is 2.65 bits per heavy atom. The van der Waals surface area contributed by atoms with E-state index in [-0.39, 0.29) is 0 Å². The first-order valence-electron chi connectivity index (χ1n) is 7.15. The fourth-order valence-electron chi connectivity index (χ4n) is 1.90. The third-order valence-corrected chi connectivity index (χ3v) is 3.15. The van der Waals surface area contributed by atoms with E-state index in [1.54, 1.807) is 13.3 Å². The van der Waals surface area contributed by atoms with E-state index < -0.39 is 0 Å². The predicted octanol–water partition coefficient (Wildman–Crippen LogP) is 4.07. The molecule has 0 saturated carbocycles. The zero-order valence-electron chi connectivity index (χ0n) is 13.1. The van der Waals surface area contributed by atoms with E-state index in [0.717, 1.165) is 22.6 Å². The molecule has 2 aromatic carbocycles. The van der Waals surface area contributed by atoms with E-state index in [4.69, 9.17) is 17.0 Å². The summed E-state index contributed by atoms with van der Waals surface area (Å²) in [6.07, 6.45) is 3.77. The van der Waals surface area contributed by atoms with Crippen molar-refractivity contribution in [2.45, 2.75) is 6.92 Å². The van der Waals surface area contributed by atoms with E-state index in [1.807, 2.05) is 67.6 Å². The van der Waals surface area contributed by atoms with Gasteiger partial charge in [-0.2, -0.15) is 5.10 Å². The number of hydrazone groups is 1. The van der Waals surface area contributed by atoms with Crippen LogP contribution in [0.3, 0.4) is 0 Å². The Hall–Kier alpha value is -2.66. The molecule has 0 bridgehead atoms. The monoisotopic (exact) mass is 325 g/mol. The second-order valence-corrected chi connectivity index (χ2v) is 5.26. The second-order valence-electron chi connectivity index (χ2n) is 4.86. The summed E-state index contributed by atoms with van der Waals surface area (Å²) in [6, 6.07) is 17.6. The molecule has 5 heteroatoms. The van der Waals surface area contributed by atoms with Crippen LogP contribution in [0.25, 0.3) is 6.08 Å². The molecular weight excluding hydrogens is 306 g/mol. The number of nitrogens with zero attached hydrogens (tertiary/aromatic N) is 1. The number of methoxy groups -OCH3 is 1. The SMILES string of the molecule is COc1cccc(NC(=S)N/N=C\C(C)=C\c2ccccc2)c1. The van der Waals surface area contributed by atoms with Gasteiger partial charge in [0.2, 0.25) is 0 Å². The summed E-state index contributed by atoms with van der Waals surface area (Å²) in [6.45, 7) is 1.98. The molecule has 0 unspecified atom stereocenters. The van der Waals surface area contributed by atoms with Crippen LogP contribution in [0.5, 0.6) is 5.75 Å². The van der Waals surface area contributed by atoms with E-state index in [9.17, 15) is 0 Å². The minimum Gasteiger partial charge on any atom is -0.497 e. The fourth-order valence-corrected chi connectivity index (χ4v) is 2.07. The highest BCUT2D eigenvalue weighted by molar-refractivity contribution is 7.80. The number of ether oxygens (including phenoxy) is 1. The lowest BCUT2D eigenvalue weighted by Gasteiger charge is -2.08. The highest BCUT2D eigenvalue weighted by Crippen LogP contribution is 2.16. The molecule has 0 spiro atoms. The lowest BCUT2D eigenvalue weighted by atomic mass is 10.1. The van der Waals surface area contributed by atoms with Gasteiger partial charge in [0.1, 0.15) is 5.75 Å². The molecule has 2 N–H and O–H groups in total. The van der Waals surface area contributed by atoms with E-state index in [0.29, 0.717) is 5.11 Å². The molecule has 0 aliphatic heterocycles. The summed E-state index contributed by atoms with van der Waals surface area (Å²) in [7, 11) is 1.63. The minimum atomic E-state index is 0.419. The highest BCUT2D eigenvalue weighted by Gasteiger charge is 1.98. The van der Waals surface area contributed by atoms with Gasteiger partial charge in [-0.15, -0.1) is 0 Å². The van der Waals surface area contributed by atoms with Crippen LogP contribution in [-0.2, 0) is 0 Å². The number of thiocarbonyl (C=S) groups is 1. The van der Waals surface area contributed by atoms with Gasteiger partial charge < -0.3 is 10.1 Å². The van der Waals surface area contributed by atoms with Gasteiger partial charge >= 0.3 is 0 Å². The van der Waals surface area contributed by atoms with Gasteiger partial charge in [-0.25, -0.2) is 0 Å². The first-order chi connectivity index (χ1) is 11.2. The molecule has 0 aliphatic rings. The summed E-state index contributed by atoms with van der Waals surface area (Å²) in [5, 5.41) is 7.59. The van der Waals surface area contributed by atoms with Crippen LogP contribution in [0.2, 0.25) is 0 Å². The van der Waals surface area contributed by atoms with Crippen LogP contribution in [0.4, 0.5) is 5.69 Å². The van der Waals surface area contributed by atoms with Gasteiger partial charge in [0.05, 0.1) is 13.3 Å². The molecule has 0 atom stereocenters. The molecule has 0 aliphatic carbocycles. The largest absolute Gasteiger partial charge is 0.497 e. The predicted molar refractivity (Wildman–Crippen MR) is 101 cm³/mol. The van der Waals surface area contributed by atoms with Crippen molar-refractivity contribution in [1.29, 1.82) is 0 Å². The van der Waals surface area contributed by atoms with Crippen molar-refractivity contribution < 1.29 is 4.74 Å². The topological polar surface area (TPSA) is 45.6 Å². The Kier molecular flexibility index (Phi) is 6.32. The van der Waals surface area contributed by atoms with Crippen molar-refractivity contribution >= 4 is 35.3 Å². The summed E-state index contributed by atoms with van der Waals surface area (Å²) in [5.41, 5.74) is 5.79. The smallest absolute Gasteiger partial charge is 0.191 e. The van der Waals surface area contributed by atoms with E-state index in [1.165, 1.54) is 0 Å². The number of hydrogen-bond acceptors (Lipinski definition) is 3. The second kappa shape index (κ2) is 8.70. The van der Waals surface area contributed by atoms with Crippen molar-refractivity contribution in [3.05, 3.63) is 65.7 Å². The molecule has 4 nitrogen and oxygen atoms in total. The zero-order valence-corrected chi connectivity index (χ0v) is 13.9. The number of hydrogen-bond donors (Lipinski definition) is 2. The van der Waals surface area contributed by atoms with E-state index in [2.05, 4.69) is 15.8 Å². The van der Waals surface area contributed by atoms with E-state index >= 15 is 0 Å². The summed E-state index contributed by atoms with van der Waals surface area (Å²) in [4.78, 5) is 0. The van der Waals surface area contributed by atoms with Crippen molar-refractivity contribution in [2.24, 2.45) is 5.10 Å². The van der Waals surface area contributed by atoms with Gasteiger partial charge in [0.15, 0.2) is 5.11 Å². The molecule has 0 saturated heterocycles. The molecule has 2 rings (SSSR count). The summed E-state index contributed by atoms with van der Waals surface area (Å²) < 4.78 is 5.16. The zero-order chi connectivity index (χ0) is 16.5. The van der Waals surface area contributed by atoms with Gasteiger partial charge in [-0.3, -0.25) is 5.43 Å². The Morgan fingerprint density at radius 2 is 1.91 bits per heavy atom. The minimum absolute atomic E-state index is 0.419. The van der Waals surface area contributed by atoms with Gasteiger partial charge in [-0.1, -0.05) is 42.5 Å². The van der Waals surface area contributed by atoms with Crippen LogP contribution >= 0.6 is 12.2 Å². The molecule has 23 heavy (non-hydrogen) atoms. The molecule has 0 fully saturated rings. The summed E-state index contributed by atoms with van der Waals surface area (Å²) >= 11 is 5.20. The van der Waals surface area contributed by atoms with Crippen LogP contribution < -0.4 is 15.5 Å². The maximum atomic E-state index is 5.20. The molecule has 0 heterocycles. The third-order valence-electron chi connectivity index (χ3n) is 2.96. The average molecular weight is 325 g/mol. The number of nitrogens with one attached hydrogen (secondary N) is 2. The molecule has 0 aromatic heterocycles. The normalized spacial score (nSPS) is 11.3. The summed E-state index contributed by atoms with van der Waals surface area (Å²) in [5.74, 6) is 0.767. The highest BCUT2D eigenvalue weighted by atomic mass is 32.1. The molecular formula is C18H19N3OS. The maximum Gasteiger partial charge on any atom is 0.191 e. The first-order valence-corrected chi connectivity index (χ1v) is 7.55. The first kappa shape index (κ1) is 16.7. The third kappa shape index (κ3) is 5.92. The maximum absolute atomic E-state index is 5.20. The van der Waals surface area contributed by atoms with Crippen LogP contribution in [0.1, 0.15) is 12.5 Å². The Bertz CT molecular complexity index is 711. The van der Waals surface area contributed by atoms with Crippen molar-refractivity contribution in [3.8, 4) is 5.75 Å². The quantitative estimate of drug-likeness (QED) is 0.494. The molecule has 0 amide bonds. The lowest BCUT2D eigenvalue weighted by Crippen LogP contribution is -2.23. The Labute approximate surface area is 141 Å². The van der Waals surface area contributed by atoms with Crippen molar-refractivity contribution in [2.75, 3.05) is 12.4 Å². The van der Waals surface area contributed by atoms with Crippen LogP contribution in [-0.4, -0.2) is 18.4 Å². The Morgan fingerprint density at radius 1 is 1.13 bits per heavy atom. The molecule has 0 radical (unpaired) electrons. The number of allylic oxidation sites excluding steroid dienone is 1. The number of anilines is 1. The van der Waals surface area contributed by atoms with Crippen molar-refractivity contribution in [3.63, 3.8) is 0 Å². The fraction of sp³-hybridized carbons (Fsp3) is 0.111. The van der Waals surface area contributed by atoms with Gasteiger partial charge in [-0.05, 0) is 42.4 Å². The van der Waals surface area contributed by atoms with Gasteiger partial charge in [0, 0.05) is 11.8 Å². The molecule has 118 valence electrons. The van der Waals surface area contributed by atoms with Crippen molar-refractivity contribution in [1.82, 2.24) is 5.43 Å². The lowest BCUT2D eigenvalue weighted by molar-refractivity contribution is 0.415. The average Bonchev–Trinajstić information content (AvgIpc) is 2.56. The van der Waals surface area contributed by atoms with Crippen LogP contribution in [0.15, 0.2) is 65.3 Å². The Balaban J connectivity index is 1.87. The number of rotatable bonds is 5. The number of benzene rings is 2. The van der Waals surface area contributed by atoms with Crippen LogP contribution in [0, 0.1) is 0 Å². The van der Waals surface area contributed by atoms with Gasteiger partial charge in [0.25, 0.3) is 0 Å². The molecule has 2 aromatic rings.